The van der Waals surface area contributed by atoms with Gasteiger partial charge in [-0.15, -0.1) is 12.8 Å². The lowest BCUT2D eigenvalue weighted by Crippen LogP contribution is -2.45. The number of carbonyl (C=O) groups is 1. The lowest BCUT2D eigenvalue weighted by atomic mass is 10.1. The highest BCUT2D eigenvalue weighted by Crippen LogP contribution is 2.40. The molecule has 1 aliphatic heterocycles. The standard InChI is InChI=1S/C18H21F3N4O5S.C4H9NO2S.C2H2/c1-10-9-29-14-6-5-12(23-16(26)30-17(3,4)18(19,20)21)7-13(14)25(10)31(27,28)15-8-22-24-11(15)2;1-5-8(6,7)4-2-3-4;1-2/h5-8,10H,9H2,1-4H3,(H,22,24)(H,23,26);4-5H,2-3H2,1H3;1-2H/t10-;;/m1../s1. The first-order chi connectivity index (χ1) is 18.9. The van der Waals surface area contributed by atoms with Gasteiger partial charge in [-0.05, 0) is 65.8 Å². The van der Waals surface area contributed by atoms with Crippen LogP contribution in [0.1, 0.15) is 39.3 Å². The number of carbonyl (C=O) groups excluding carboxylic acids is 1. The van der Waals surface area contributed by atoms with Gasteiger partial charge in [0.1, 0.15) is 17.3 Å². The number of aryl methyl sites for hydroxylation is 1. The first-order valence-corrected chi connectivity index (χ1v) is 15.0. The number of nitrogens with one attached hydrogen (secondary N) is 3. The van der Waals surface area contributed by atoms with E-state index in [1.54, 1.807) is 13.8 Å². The summed E-state index contributed by atoms with van der Waals surface area (Å²) in [5.74, 6) is 0.234. The van der Waals surface area contributed by atoms with Crippen LogP contribution < -0.4 is 19.1 Å². The Balaban J connectivity index is 0.000000500. The van der Waals surface area contributed by atoms with Gasteiger partial charge < -0.3 is 9.47 Å². The second-order valence-corrected chi connectivity index (χ2v) is 13.4. The Morgan fingerprint density at radius 3 is 2.27 bits per heavy atom. The van der Waals surface area contributed by atoms with E-state index in [9.17, 15) is 34.8 Å². The molecule has 0 bridgehead atoms. The van der Waals surface area contributed by atoms with Crippen LogP contribution in [0.4, 0.5) is 29.3 Å². The molecule has 1 amide bonds. The fourth-order valence-electron chi connectivity index (χ4n) is 3.45. The molecule has 3 N–H and O–H groups in total. The number of aromatic nitrogens is 2. The summed E-state index contributed by atoms with van der Waals surface area (Å²) < 4.78 is 100. The number of benzene rings is 1. The largest absolute Gasteiger partial charge is 0.489 e. The maximum Gasteiger partial charge on any atom is 0.427 e. The van der Waals surface area contributed by atoms with Crippen LogP contribution in [0.3, 0.4) is 0 Å². The van der Waals surface area contributed by atoms with Crippen LogP contribution in [0.2, 0.25) is 0 Å². The molecule has 17 heteroatoms. The van der Waals surface area contributed by atoms with Crippen molar-refractivity contribution in [2.24, 2.45) is 0 Å². The van der Waals surface area contributed by atoms with Gasteiger partial charge in [0.15, 0.2) is 0 Å². The van der Waals surface area contributed by atoms with E-state index < -0.39 is 44.0 Å². The van der Waals surface area contributed by atoms with Gasteiger partial charge in [0.05, 0.1) is 28.9 Å². The van der Waals surface area contributed by atoms with Crippen LogP contribution in [-0.4, -0.2) is 69.8 Å². The third kappa shape index (κ3) is 7.83. The minimum Gasteiger partial charge on any atom is -0.489 e. The number of H-pyrrole nitrogens is 1. The summed E-state index contributed by atoms with van der Waals surface area (Å²) >= 11 is 0. The Morgan fingerprint density at radius 1 is 1.20 bits per heavy atom. The number of alkyl halides is 3. The molecule has 41 heavy (non-hydrogen) atoms. The smallest absolute Gasteiger partial charge is 0.427 e. The quantitative estimate of drug-likeness (QED) is 0.412. The van der Waals surface area contributed by atoms with Crippen LogP contribution in [0.5, 0.6) is 5.75 Å². The minimum absolute atomic E-state index is 0.0306. The molecule has 1 saturated carbocycles. The highest BCUT2D eigenvalue weighted by molar-refractivity contribution is 7.93. The number of terminal acetylenes is 1. The molecule has 2 aromatic rings. The van der Waals surface area contributed by atoms with Crippen molar-refractivity contribution in [3.8, 4) is 18.6 Å². The zero-order chi connectivity index (χ0) is 31.4. The number of sulfonamides is 2. The van der Waals surface area contributed by atoms with E-state index in [1.807, 2.05) is 0 Å². The molecular weight excluding hydrogens is 591 g/mol. The molecule has 1 fully saturated rings. The number of anilines is 2. The molecular formula is C24H32F3N5O7S2. The van der Waals surface area contributed by atoms with E-state index >= 15 is 0 Å². The predicted molar refractivity (Wildman–Crippen MR) is 146 cm³/mol. The molecule has 0 saturated heterocycles. The maximum absolute atomic E-state index is 13.2. The van der Waals surface area contributed by atoms with Crippen LogP contribution in [0, 0.1) is 19.8 Å². The molecule has 228 valence electrons. The van der Waals surface area contributed by atoms with Crippen LogP contribution >= 0.6 is 0 Å². The van der Waals surface area contributed by atoms with Crippen LogP contribution in [0.25, 0.3) is 0 Å². The van der Waals surface area contributed by atoms with E-state index in [0.717, 1.165) is 31.0 Å². The molecule has 1 atom stereocenters. The predicted octanol–water partition coefficient (Wildman–Crippen LogP) is 3.53. The van der Waals surface area contributed by atoms with Gasteiger partial charge in [0, 0.05) is 5.69 Å². The van der Waals surface area contributed by atoms with Gasteiger partial charge in [-0.2, -0.15) is 18.3 Å². The summed E-state index contributed by atoms with van der Waals surface area (Å²) in [6.45, 7) is 4.71. The minimum atomic E-state index is -4.77. The number of amides is 1. The molecule has 1 aliphatic carbocycles. The lowest BCUT2D eigenvalue weighted by Gasteiger charge is -2.35. The highest BCUT2D eigenvalue weighted by Gasteiger charge is 2.51. The van der Waals surface area contributed by atoms with Gasteiger partial charge in [0.25, 0.3) is 10.0 Å². The summed E-state index contributed by atoms with van der Waals surface area (Å²) in [5, 5.41) is 8.44. The van der Waals surface area contributed by atoms with E-state index in [0.29, 0.717) is 5.69 Å². The number of hydrogen-bond donors (Lipinski definition) is 3. The molecule has 2 heterocycles. The normalized spacial score (nSPS) is 17.0. The summed E-state index contributed by atoms with van der Waals surface area (Å²) in [6, 6.07) is 3.47. The average molecular weight is 624 g/mol. The van der Waals surface area contributed by atoms with Crippen molar-refractivity contribution >= 4 is 37.5 Å². The third-order valence-corrected chi connectivity index (χ3v) is 9.88. The topological polar surface area (TPSA) is 160 Å². The summed E-state index contributed by atoms with van der Waals surface area (Å²) in [4.78, 5) is 12.0. The van der Waals surface area contributed by atoms with Crippen molar-refractivity contribution in [1.82, 2.24) is 14.9 Å². The first kappa shape index (κ1) is 33.7. The fourth-order valence-corrected chi connectivity index (χ4v) is 6.31. The summed E-state index contributed by atoms with van der Waals surface area (Å²) in [5.41, 5.74) is -2.22. The molecule has 2 aliphatic rings. The van der Waals surface area contributed by atoms with Crippen LogP contribution in [-0.2, 0) is 24.8 Å². The van der Waals surface area contributed by atoms with Gasteiger partial charge in [-0.25, -0.2) is 26.4 Å². The molecule has 0 unspecified atom stereocenters. The molecule has 1 aromatic carbocycles. The number of hydrogen-bond acceptors (Lipinski definition) is 8. The fraction of sp³-hybridized carbons (Fsp3) is 0.500. The third-order valence-electron chi connectivity index (χ3n) is 5.92. The lowest BCUT2D eigenvalue weighted by molar-refractivity contribution is -0.242. The zero-order valence-corrected chi connectivity index (χ0v) is 24.6. The Morgan fingerprint density at radius 2 is 1.80 bits per heavy atom. The summed E-state index contributed by atoms with van der Waals surface area (Å²) in [7, 11) is -5.46. The highest BCUT2D eigenvalue weighted by atomic mass is 32.2. The molecule has 12 nitrogen and oxygen atoms in total. The van der Waals surface area contributed by atoms with Gasteiger partial charge in [-0.3, -0.25) is 14.7 Å². The summed E-state index contributed by atoms with van der Waals surface area (Å²) in [6.07, 6.45) is 4.75. The second kappa shape index (κ2) is 12.6. The number of aromatic amines is 1. The first-order valence-electron chi connectivity index (χ1n) is 12.0. The van der Waals surface area contributed by atoms with Crippen molar-refractivity contribution in [1.29, 1.82) is 0 Å². The maximum atomic E-state index is 13.2. The molecule has 1 aromatic heterocycles. The number of rotatable bonds is 6. The van der Waals surface area contributed by atoms with E-state index in [1.165, 1.54) is 31.4 Å². The van der Waals surface area contributed by atoms with Gasteiger partial charge in [-0.1, -0.05) is 0 Å². The number of halogens is 3. The Kier molecular flexibility index (Phi) is 10.3. The second-order valence-electron chi connectivity index (χ2n) is 9.47. The SMILES string of the molecule is C#C.CNS(=O)(=O)C1CC1.Cc1[nH]ncc1S(=O)(=O)N1c2cc(NC(=O)OC(C)(C)C(F)(F)F)ccc2OC[C@H]1C. The zero-order valence-electron chi connectivity index (χ0n) is 22.9. The number of ether oxygens (including phenoxy) is 2. The van der Waals surface area contributed by atoms with E-state index in [2.05, 4.69) is 37.8 Å². The van der Waals surface area contributed by atoms with Crippen LogP contribution in [0.15, 0.2) is 29.3 Å². The van der Waals surface area contributed by atoms with Crippen molar-refractivity contribution in [3.05, 3.63) is 30.1 Å². The number of fused-ring (bicyclic) bond motifs is 1. The average Bonchev–Trinajstić information content (AvgIpc) is 3.65. The van der Waals surface area contributed by atoms with E-state index in [-0.39, 0.29) is 33.9 Å². The van der Waals surface area contributed by atoms with E-state index in [4.69, 9.17) is 4.74 Å². The Bertz CT molecular complexity index is 1470. The number of nitrogens with zero attached hydrogens (tertiary/aromatic N) is 2. The Labute approximate surface area is 237 Å². The molecule has 0 spiro atoms. The van der Waals surface area contributed by atoms with Gasteiger partial charge >= 0.3 is 12.3 Å². The Hall–Kier alpha value is -3.49. The van der Waals surface area contributed by atoms with Crippen molar-refractivity contribution in [2.75, 3.05) is 23.3 Å². The molecule has 4 rings (SSSR count). The van der Waals surface area contributed by atoms with Gasteiger partial charge in [0.2, 0.25) is 15.6 Å². The van der Waals surface area contributed by atoms with Crippen molar-refractivity contribution < 1.29 is 44.3 Å². The molecule has 0 radical (unpaired) electrons. The van der Waals surface area contributed by atoms with Crippen molar-refractivity contribution in [3.63, 3.8) is 0 Å². The van der Waals surface area contributed by atoms with Crippen molar-refractivity contribution in [2.45, 2.75) is 68.5 Å². The monoisotopic (exact) mass is 623 g/mol.